The summed E-state index contributed by atoms with van der Waals surface area (Å²) in [5.41, 5.74) is 0.0381. The molecule has 0 aromatic carbocycles. The molecule has 1 unspecified atom stereocenters. The van der Waals surface area contributed by atoms with Crippen LogP contribution in [0.15, 0.2) is 40.8 Å². The molecule has 2 aromatic rings. The maximum Gasteiger partial charge on any atom is 0.250 e. The van der Waals surface area contributed by atoms with Crippen LogP contribution in [0.25, 0.3) is 0 Å². The van der Waals surface area contributed by atoms with Crippen molar-refractivity contribution >= 4 is 11.3 Å². The quantitative estimate of drug-likeness (QED) is 0.876. The zero-order valence-electron chi connectivity index (χ0n) is 9.67. The van der Waals surface area contributed by atoms with Crippen molar-refractivity contribution in [1.29, 1.82) is 0 Å². The summed E-state index contributed by atoms with van der Waals surface area (Å²) in [5, 5.41) is 6.39. The number of pyridine rings is 1. The van der Waals surface area contributed by atoms with Gasteiger partial charge < -0.3 is 9.88 Å². The fraction of sp³-hybridized carbons (Fsp3) is 0.333. The third-order valence-electron chi connectivity index (χ3n) is 2.52. The Morgan fingerprint density at radius 1 is 1.53 bits per heavy atom. The van der Waals surface area contributed by atoms with Crippen molar-refractivity contribution in [3.05, 3.63) is 51.3 Å². The summed E-state index contributed by atoms with van der Waals surface area (Å²) in [6.45, 7) is 3.51. The number of hydrogen-bond acceptors (Lipinski definition) is 4. The topological polar surface area (TPSA) is 46.9 Å². The van der Waals surface area contributed by atoms with Crippen molar-refractivity contribution < 1.29 is 0 Å². The van der Waals surface area contributed by atoms with Crippen LogP contribution in [-0.2, 0) is 6.54 Å². The minimum atomic E-state index is 0.0381. The van der Waals surface area contributed by atoms with E-state index in [0.29, 0.717) is 6.54 Å². The first-order valence-electron chi connectivity index (χ1n) is 5.55. The average molecular weight is 249 g/mol. The molecule has 0 bridgehead atoms. The van der Waals surface area contributed by atoms with Gasteiger partial charge in [-0.1, -0.05) is 6.07 Å². The molecular weight excluding hydrogens is 234 g/mol. The van der Waals surface area contributed by atoms with E-state index in [-0.39, 0.29) is 11.6 Å². The van der Waals surface area contributed by atoms with Crippen LogP contribution in [0.2, 0.25) is 0 Å². The predicted molar refractivity (Wildman–Crippen MR) is 69.2 cm³/mol. The molecule has 2 heterocycles. The lowest BCUT2D eigenvalue weighted by Crippen LogP contribution is -2.27. The van der Waals surface area contributed by atoms with Crippen LogP contribution in [-0.4, -0.2) is 16.1 Å². The van der Waals surface area contributed by atoms with Crippen molar-refractivity contribution in [2.45, 2.75) is 19.5 Å². The van der Waals surface area contributed by atoms with Crippen LogP contribution < -0.4 is 10.9 Å². The first kappa shape index (κ1) is 12.0. The Hall–Kier alpha value is -1.46. The second-order valence-corrected chi connectivity index (χ2v) is 4.70. The lowest BCUT2D eigenvalue weighted by atomic mass is 10.3. The minimum Gasteiger partial charge on any atom is -0.314 e. The van der Waals surface area contributed by atoms with Crippen molar-refractivity contribution in [2.75, 3.05) is 6.54 Å². The van der Waals surface area contributed by atoms with Gasteiger partial charge >= 0.3 is 0 Å². The zero-order chi connectivity index (χ0) is 12.1. The Balaban J connectivity index is 1.84. The molecule has 4 nitrogen and oxygen atoms in total. The first-order chi connectivity index (χ1) is 8.27. The first-order valence-corrected chi connectivity index (χ1v) is 6.43. The molecule has 2 aromatic heterocycles. The van der Waals surface area contributed by atoms with Crippen LogP contribution in [0.3, 0.4) is 0 Å². The smallest absolute Gasteiger partial charge is 0.250 e. The maximum absolute atomic E-state index is 11.4. The minimum absolute atomic E-state index is 0.0381. The Labute approximate surface area is 104 Å². The van der Waals surface area contributed by atoms with Crippen molar-refractivity contribution in [3.63, 3.8) is 0 Å². The average Bonchev–Trinajstić information content (AvgIpc) is 2.85. The molecule has 17 heavy (non-hydrogen) atoms. The lowest BCUT2D eigenvalue weighted by Gasteiger charge is -2.11. The van der Waals surface area contributed by atoms with E-state index < -0.39 is 0 Å². The fourth-order valence-corrected chi connectivity index (χ4v) is 2.25. The molecule has 0 fully saturated rings. The van der Waals surface area contributed by atoms with E-state index >= 15 is 0 Å². The summed E-state index contributed by atoms with van der Waals surface area (Å²) in [4.78, 5) is 15.7. The van der Waals surface area contributed by atoms with Crippen LogP contribution in [0.4, 0.5) is 0 Å². The van der Waals surface area contributed by atoms with Crippen LogP contribution in [0.1, 0.15) is 18.0 Å². The monoisotopic (exact) mass is 249 g/mol. The van der Waals surface area contributed by atoms with E-state index in [1.165, 1.54) is 0 Å². The van der Waals surface area contributed by atoms with Gasteiger partial charge in [-0.3, -0.25) is 4.79 Å². The van der Waals surface area contributed by atoms with Gasteiger partial charge in [0.1, 0.15) is 5.01 Å². The second-order valence-electron chi connectivity index (χ2n) is 3.78. The highest BCUT2D eigenvalue weighted by Gasteiger charge is 2.06. The van der Waals surface area contributed by atoms with Crippen molar-refractivity contribution in [1.82, 2.24) is 14.9 Å². The highest BCUT2D eigenvalue weighted by molar-refractivity contribution is 7.09. The molecule has 90 valence electrons. The van der Waals surface area contributed by atoms with Gasteiger partial charge in [0.2, 0.25) is 0 Å². The third-order valence-corrected chi connectivity index (χ3v) is 3.48. The van der Waals surface area contributed by atoms with Crippen molar-refractivity contribution in [3.8, 4) is 0 Å². The number of rotatable bonds is 5. The molecular formula is C12H15N3OS. The molecule has 0 aliphatic heterocycles. The molecule has 0 amide bonds. The van der Waals surface area contributed by atoms with E-state index in [1.54, 1.807) is 40.4 Å². The van der Waals surface area contributed by atoms with Crippen LogP contribution >= 0.6 is 11.3 Å². The number of nitrogens with zero attached hydrogens (tertiary/aromatic N) is 2. The van der Waals surface area contributed by atoms with E-state index in [0.717, 1.165) is 11.6 Å². The molecule has 1 N–H and O–H groups in total. The van der Waals surface area contributed by atoms with Gasteiger partial charge in [0.05, 0.1) is 6.04 Å². The molecule has 1 atom stereocenters. The molecule has 0 aliphatic rings. The molecule has 0 spiro atoms. The summed E-state index contributed by atoms with van der Waals surface area (Å²) in [6, 6.07) is 5.43. The summed E-state index contributed by atoms with van der Waals surface area (Å²) in [7, 11) is 0. The van der Waals surface area contributed by atoms with Crippen molar-refractivity contribution in [2.24, 2.45) is 0 Å². The molecule has 0 aliphatic carbocycles. The summed E-state index contributed by atoms with van der Waals surface area (Å²) in [6.07, 6.45) is 3.61. The molecule has 0 saturated carbocycles. The zero-order valence-corrected chi connectivity index (χ0v) is 10.5. The van der Waals surface area contributed by atoms with Crippen LogP contribution in [0.5, 0.6) is 0 Å². The summed E-state index contributed by atoms with van der Waals surface area (Å²) < 4.78 is 1.70. The highest BCUT2D eigenvalue weighted by atomic mass is 32.1. The predicted octanol–water partition coefficient (Wildman–Crippen LogP) is 1.66. The highest BCUT2D eigenvalue weighted by Crippen LogP contribution is 2.13. The fourth-order valence-electron chi connectivity index (χ4n) is 1.58. The van der Waals surface area contributed by atoms with E-state index in [4.69, 9.17) is 0 Å². The third kappa shape index (κ3) is 3.25. The van der Waals surface area contributed by atoms with Gasteiger partial charge in [-0.2, -0.15) is 0 Å². The Morgan fingerprint density at radius 2 is 2.41 bits per heavy atom. The SMILES string of the molecule is CC(NCCn1ccccc1=O)c1nccs1. The Kier molecular flexibility index (Phi) is 4.06. The largest absolute Gasteiger partial charge is 0.314 e. The Morgan fingerprint density at radius 3 is 3.12 bits per heavy atom. The number of nitrogens with one attached hydrogen (secondary N) is 1. The number of aromatic nitrogens is 2. The molecule has 5 heteroatoms. The summed E-state index contributed by atoms with van der Waals surface area (Å²) >= 11 is 1.64. The van der Waals surface area contributed by atoms with E-state index in [9.17, 15) is 4.79 Å². The lowest BCUT2D eigenvalue weighted by molar-refractivity contribution is 0.523. The van der Waals surface area contributed by atoms with Gasteiger partial charge in [-0.25, -0.2) is 4.98 Å². The molecule has 2 rings (SSSR count). The number of thiazole rings is 1. The standard InChI is InChI=1S/C12H15N3OS/c1-10(12-14-6-9-17-12)13-5-8-15-7-3-2-4-11(15)16/h2-4,6-7,9-10,13H,5,8H2,1H3. The van der Waals surface area contributed by atoms with Crippen LogP contribution in [0, 0.1) is 0 Å². The molecule has 0 radical (unpaired) electrons. The second kappa shape index (κ2) is 5.75. The van der Waals surface area contributed by atoms with E-state index in [1.807, 2.05) is 11.4 Å². The van der Waals surface area contributed by atoms with Gasteiger partial charge in [-0.15, -0.1) is 11.3 Å². The maximum atomic E-state index is 11.4. The Bertz CT molecular complexity index is 506. The van der Waals surface area contributed by atoms with Gasteiger partial charge in [0.25, 0.3) is 5.56 Å². The number of hydrogen-bond donors (Lipinski definition) is 1. The van der Waals surface area contributed by atoms with Gasteiger partial charge in [-0.05, 0) is 13.0 Å². The van der Waals surface area contributed by atoms with Gasteiger partial charge in [0, 0.05) is 36.9 Å². The van der Waals surface area contributed by atoms with E-state index in [2.05, 4.69) is 17.2 Å². The van der Waals surface area contributed by atoms with Gasteiger partial charge in [0.15, 0.2) is 0 Å². The normalized spacial score (nSPS) is 12.5. The summed E-state index contributed by atoms with van der Waals surface area (Å²) in [5.74, 6) is 0. The molecule has 0 saturated heterocycles.